The van der Waals surface area contributed by atoms with Gasteiger partial charge in [-0.05, 0) is 48.0 Å². The molecule has 0 radical (unpaired) electrons. The number of carbonyl (C=O) groups is 2. The standard InChI is InChI=1S/C26H18BrNO5/c27-18-13-21(25(30)22(14-18)26(31)32)24(29)11-8-16-4-3-6-20(12-16)33-15-19-10-9-17-5-1-2-7-23(17)28-19/h1-14,30H,15H2,(H,31,32)/b11-8+. The van der Waals surface area contributed by atoms with Crippen molar-refractivity contribution in [3.63, 3.8) is 0 Å². The summed E-state index contributed by atoms with van der Waals surface area (Å²) in [5, 5.41) is 20.4. The molecule has 0 spiro atoms. The first-order chi connectivity index (χ1) is 15.9. The Morgan fingerprint density at radius 3 is 2.58 bits per heavy atom. The molecule has 6 nitrogen and oxygen atoms in total. The largest absolute Gasteiger partial charge is 0.506 e. The molecule has 33 heavy (non-hydrogen) atoms. The third-order valence-electron chi connectivity index (χ3n) is 4.90. The second-order valence-electron chi connectivity index (χ2n) is 7.21. The number of carbonyl (C=O) groups excluding carboxylic acids is 1. The van der Waals surface area contributed by atoms with Crippen LogP contribution in [0.25, 0.3) is 17.0 Å². The fourth-order valence-corrected chi connectivity index (χ4v) is 3.72. The number of nitrogens with zero attached hydrogens (tertiary/aromatic N) is 1. The molecule has 0 saturated heterocycles. The van der Waals surface area contributed by atoms with Crippen LogP contribution in [0.4, 0.5) is 0 Å². The van der Waals surface area contributed by atoms with Gasteiger partial charge in [0, 0.05) is 9.86 Å². The Hall–Kier alpha value is -3.97. The number of halogens is 1. The lowest BCUT2D eigenvalue weighted by Crippen LogP contribution is -2.03. The van der Waals surface area contributed by atoms with E-state index in [0.29, 0.717) is 22.4 Å². The highest BCUT2D eigenvalue weighted by molar-refractivity contribution is 9.10. The average molecular weight is 504 g/mol. The van der Waals surface area contributed by atoms with E-state index in [1.54, 1.807) is 30.3 Å². The highest BCUT2D eigenvalue weighted by Gasteiger charge is 2.18. The lowest BCUT2D eigenvalue weighted by Gasteiger charge is -2.08. The number of ether oxygens (including phenoxy) is 1. The number of phenols is 1. The van der Waals surface area contributed by atoms with Crippen LogP contribution in [0.3, 0.4) is 0 Å². The third-order valence-corrected chi connectivity index (χ3v) is 5.36. The lowest BCUT2D eigenvalue weighted by molar-refractivity contribution is 0.0693. The van der Waals surface area contributed by atoms with Gasteiger partial charge in [-0.3, -0.25) is 4.79 Å². The normalized spacial score (nSPS) is 11.1. The number of aromatic nitrogens is 1. The van der Waals surface area contributed by atoms with Crippen molar-refractivity contribution in [1.82, 2.24) is 4.98 Å². The van der Waals surface area contributed by atoms with Crippen LogP contribution in [0.5, 0.6) is 11.5 Å². The summed E-state index contributed by atoms with van der Waals surface area (Å²) >= 11 is 3.17. The maximum Gasteiger partial charge on any atom is 0.339 e. The number of benzene rings is 3. The van der Waals surface area contributed by atoms with E-state index in [2.05, 4.69) is 20.9 Å². The molecule has 0 fully saturated rings. The topological polar surface area (TPSA) is 96.7 Å². The Labute approximate surface area is 197 Å². The number of para-hydroxylation sites is 1. The van der Waals surface area contributed by atoms with Gasteiger partial charge in [0.05, 0.1) is 16.8 Å². The van der Waals surface area contributed by atoms with Crippen LogP contribution < -0.4 is 4.74 Å². The van der Waals surface area contributed by atoms with Gasteiger partial charge < -0.3 is 14.9 Å². The van der Waals surface area contributed by atoms with E-state index in [1.807, 2.05) is 36.4 Å². The van der Waals surface area contributed by atoms with Gasteiger partial charge in [-0.15, -0.1) is 0 Å². The summed E-state index contributed by atoms with van der Waals surface area (Å²) in [6.07, 6.45) is 2.85. The Morgan fingerprint density at radius 2 is 1.76 bits per heavy atom. The average Bonchev–Trinajstić information content (AvgIpc) is 2.82. The number of ketones is 1. The Morgan fingerprint density at radius 1 is 0.970 bits per heavy atom. The van der Waals surface area contributed by atoms with Crippen LogP contribution in [-0.4, -0.2) is 26.9 Å². The minimum atomic E-state index is -1.32. The van der Waals surface area contributed by atoms with Crippen molar-refractivity contribution in [2.24, 2.45) is 0 Å². The quantitative estimate of drug-likeness (QED) is 0.241. The first kappa shape index (κ1) is 22.2. The number of hydrogen-bond donors (Lipinski definition) is 2. The van der Waals surface area contributed by atoms with Gasteiger partial charge in [-0.2, -0.15) is 0 Å². The molecule has 1 aromatic heterocycles. The molecule has 164 valence electrons. The predicted molar refractivity (Wildman–Crippen MR) is 129 cm³/mol. The molecule has 4 rings (SSSR count). The van der Waals surface area contributed by atoms with Crippen molar-refractivity contribution in [1.29, 1.82) is 0 Å². The molecule has 0 aliphatic carbocycles. The van der Waals surface area contributed by atoms with Crippen molar-refractivity contribution >= 4 is 44.7 Å². The smallest absolute Gasteiger partial charge is 0.339 e. The Balaban J connectivity index is 1.47. The maximum atomic E-state index is 12.6. The Bertz CT molecular complexity index is 1400. The van der Waals surface area contributed by atoms with Crippen molar-refractivity contribution in [3.8, 4) is 11.5 Å². The minimum Gasteiger partial charge on any atom is -0.506 e. The monoisotopic (exact) mass is 503 g/mol. The summed E-state index contributed by atoms with van der Waals surface area (Å²) in [7, 11) is 0. The number of pyridine rings is 1. The van der Waals surface area contributed by atoms with Crippen LogP contribution in [0.1, 0.15) is 32.0 Å². The number of carboxylic acid groups (broad SMARTS) is 1. The Kier molecular flexibility index (Phi) is 6.51. The molecule has 2 N–H and O–H groups in total. The molecular weight excluding hydrogens is 486 g/mol. The molecule has 7 heteroatoms. The SMILES string of the molecule is O=C(O)c1cc(Br)cc(C(=O)/C=C/c2cccc(OCc3ccc4ccccc4n3)c2)c1O. The van der Waals surface area contributed by atoms with E-state index >= 15 is 0 Å². The second-order valence-corrected chi connectivity index (χ2v) is 8.12. The van der Waals surface area contributed by atoms with Crippen molar-refractivity contribution < 1.29 is 24.5 Å². The number of rotatable bonds is 7. The number of allylic oxidation sites excluding steroid dienone is 1. The summed E-state index contributed by atoms with van der Waals surface area (Å²) in [6, 6.07) is 21.6. The van der Waals surface area contributed by atoms with Crippen molar-refractivity contribution in [3.05, 3.63) is 106 Å². The van der Waals surface area contributed by atoms with E-state index < -0.39 is 17.5 Å². The fourth-order valence-electron chi connectivity index (χ4n) is 3.27. The van der Waals surface area contributed by atoms with Gasteiger partial charge in [0.1, 0.15) is 23.7 Å². The zero-order chi connectivity index (χ0) is 23.4. The molecule has 3 aromatic carbocycles. The van der Waals surface area contributed by atoms with Crippen molar-refractivity contribution in [2.45, 2.75) is 6.61 Å². The number of aromatic carboxylic acids is 1. The number of hydrogen-bond acceptors (Lipinski definition) is 5. The highest BCUT2D eigenvalue weighted by atomic mass is 79.9. The zero-order valence-corrected chi connectivity index (χ0v) is 18.8. The maximum absolute atomic E-state index is 12.6. The van der Waals surface area contributed by atoms with E-state index in [9.17, 15) is 19.8 Å². The molecule has 4 aromatic rings. The van der Waals surface area contributed by atoms with E-state index in [1.165, 1.54) is 18.2 Å². The molecule has 0 aliphatic rings. The number of aromatic hydroxyl groups is 1. The summed E-state index contributed by atoms with van der Waals surface area (Å²) in [5.74, 6) is -1.81. The molecule has 0 atom stereocenters. The summed E-state index contributed by atoms with van der Waals surface area (Å²) in [6.45, 7) is 0.292. The van der Waals surface area contributed by atoms with Crippen LogP contribution in [0.15, 0.2) is 83.3 Å². The van der Waals surface area contributed by atoms with Gasteiger partial charge in [-0.25, -0.2) is 9.78 Å². The van der Waals surface area contributed by atoms with E-state index in [0.717, 1.165) is 16.6 Å². The first-order valence-electron chi connectivity index (χ1n) is 9.96. The summed E-state index contributed by atoms with van der Waals surface area (Å²) < 4.78 is 6.24. The fraction of sp³-hybridized carbons (Fsp3) is 0.0385. The van der Waals surface area contributed by atoms with Gasteiger partial charge in [0.2, 0.25) is 0 Å². The van der Waals surface area contributed by atoms with E-state index in [-0.39, 0.29) is 11.1 Å². The zero-order valence-electron chi connectivity index (χ0n) is 17.2. The van der Waals surface area contributed by atoms with Gasteiger partial charge in [-0.1, -0.05) is 58.4 Å². The number of carboxylic acids is 1. The van der Waals surface area contributed by atoms with E-state index in [4.69, 9.17) is 4.74 Å². The second kappa shape index (κ2) is 9.67. The first-order valence-corrected chi connectivity index (χ1v) is 10.8. The highest BCUT2D eigenvalue weighted by Crippen LogP contribution is 2.28. The summed E-state index contributed by atoms with van der Waals surface area (Å²) in [5.41, 5.74) is 1.95. The van der Waals surface area contributed by atoms with Gasteiger partial charge in [0.15, 0.2) is 5.78 Å². The number of fused-ring (bicyclic) bond motifs is 1. The minimum absolute atomic E-state index is 0.104. The third kappa shape index (κ3) is 5.27. The van der Waals surface area contributed by atoms with Crippen LogP contribution >= 0.6 is 15.9 Å². The van der Waals surface area contributed by atoms with Crippen LogP contribution in [0.2, 0.25) is 0 Å². The van der Waals surface area contributed by atoms with Crippen LogP contribution in [0, 0.1) is 0 Å². The molecule has 0 unspecified atom stereocenters. The summed E-state index contributed by atoms with van der Waals surface area (Å²) in [4.78, 5) is 28.4. The molecule has 0 aliphatic heterocycles. The van der Waals surface area contributed by atoms with Gasteiger partial charge >= 0.3 is 5.97 Å². The van der Waals surface area contributed by atoms with Crippen LogP contribution in [-0.2, 0) is 6.61 Å². The van der Waals surface area contributed by atoms with Crippen molar-refractivity contribution in [2.75, 3.05) is 0 Å². The molecule has 0 amide bonds. The predicted octanol–water partition coefficient (Wildman–Crippen LogP) is 5.88. The molecule has 0 saturated carbocycles. The lowest BCUT2D eigenvalue weighted by atomic mass is 10.0. The molecule has 0 bridgehead atoms. The van der Waals surface area contributed by atoms with Gasteiger partial charge in [0.25, 0.3) is 0 Å². The molecule has 1 heterocycles. The molecular formula is C26H18BrNO5.